The monoisotopic (exact) mass is 390 g/mol. The van der Waals surface area contributed by atoms with Gasteiger partial charge in [0.15, 0.2) is 0 Å². The van der Waals surface area contributed by atoms with Gasteiger partial charge >= 0.3 is 11.9 Å². The zero-order chi connectivity index (χ0) is 20.9. The van der Waals surface area contributed by atoms with Crippen molar-refractivity contribution in [3.63, 3.8) is 0 Å². The van der Waals surface area contributed by atoms with Crippen LogP contribution in [0.25, 0.3) is 6.08 Å². The molecule has 1 rings (SSSR count). The first-order valence-electron chi connectivity index (χ1n) is 9.15. The van der Waals surface area contributed by atoms with Crippen LogP contribution in [0.1, 0.15) is 54.9 Å². The first-order chi connectivity index (χ1) is 13.3. The molecule has 0 radical (unpaired) electrons. The van der Waals surface area contributed by atoms with Crippen LogP contribution in [0.3, 0.4) is 0 Å². The minimum atomic E-state index is -1.16. The van der Waals surface area contributed by atoms with Crippen molar-refractivity contribution in [1.82, 2.24) is 10.6 Å². The molecule has 8 heteroatoms. The second-order valence-corrected chi connectivity index (χ2v) is 6.28. The summed E-state index contributed by atoms with van der Waals surface area (Å²) in [4.78, 5) is 45.9. The largest absolute Gasteiger partial charge is 0.480 e. The summed E-state index contributed by atoms with van der Waals surface area (Å²) in [6, 6.07) is 5.42. The molecule has 152 valence electrons. The topological polar surface area (TPSA) is 133 Å². The Bertz CT molecular complexity index is 712. The number of carbonyl (C=O) groups is 4. The average molecular weight is 390 g/mol. The van der Waals surface area contributed by atoms with Crippen molar-refractivity contribution in [3.05, 3.63) is 41.5 Å². The molecule has 2 amide bonds. The molecule has 1 atom stereocenters. The summed E-state index contributed by atoms with van der Waals surface area (Å²) in [6.45, 7) is 1.55. The standard InChI is InChI=1S/C20H26N2O6/c1-2-3-4-5-6-16(20(28)21-13-18(25)26)22-19(27)15-10-7-14(8-11-15)9-12-17(23)24/h7-12,16H,2-6,13H2,1H3,(H,21,28)(H,22,27)(H,23,24)(H,25,26)/b12-9+. The number of carboxylic acids is 2. The van der Waals surface area contributed by atoms with Crippen LogP contribution in [-0.4, -0.2) is 46.6 Å². The van der Waals surface area contributed by atoms with Gasteiger partial charge in [0.25, 0.3) is 5.91 Å². The van der Waals surface area contributed by atoms with Crippen LogP contribution in [0, 0.1) is 0 Å². The Kier molecular flexibility index (Phi) is 10.0. The number of benzene rings is 1. The number of carbonyl (C=O) groups excluding carboxylic acids is 2. The molecular weight excluding hydrogens is 364 g/mol. The fourth-order valence-corrected chi connectivity index (χ4v) is 2.48. The molecule has 0 aliphatic heterocycles. The summed E-state index contributed by atoms with van der Waals surface area (Å²) in [5, 5.41) is 22.3. The summed E-state index contributed by atoms with van der Waals surface area (Å²) < 4.78 is 0. The first-order valence-corrected chi connectivity index (χ1v) is 9.15. The van der Waals surface area contributed by atoms with E-state index in [1.807, 2.05) is 0 Å². The van der Waals surface area contributed by atoms with E-state index in [0.29, 0.717) is 17.5 Å². The smallest absolute Gasteiger partial charge is 0.328 e. The van der Waals surface area contributed by atoms with Crippen LogP contribution in [0.2, 0.25) is 0 Å². The maximum Gasteiger partial charge on any atom is 0.328 e. The Balaban J connectivity index is 2.75. The summed E-state index contributed by atoms with van der Waals surface area (Å²) >= 11 is 0. The molecule has 4 N–H and O–H groups in total. The lowest BCUT2D eigenvalue weighted by molar-refractivity contribution is -0.138. The van der Waals surface area contributed by atoms with Crippen LogP contribution >= 0.6 is 0 Å². The van der Waals surface area contributed by atoms with Gasteiger partial charge in [-0.2, -0.15) is 0 Å². The molecule has 28 heavy (non-hydrogen) atoms. The van der Waals surface area contributed by atoms with Crippen LogP contribution in [0.15, 0.2) is 30.3 Å². The van der Waals surface area contributed by atoms with Crippen molar-refractivity contribution < 1.29 is 29.4 Å². The van der Waals surface area contributed by atoms with Gasteiger partial charge in [-0.05, 0) is 30.2 Å². The van der Waals surface area contributed by atoms with E-state index in [9.17, 15) is 19.2 Å². The van der Waals surface area contributed by atoms with Gasteiger partial charge in [-0.3, -0.25) is 14.4 Å². The number of rotatable bonds is 12. The summed E-state index contributed by atoms with van der Waals surface area (Å²) in [5.41, 5.74) is 0.936. The Morgan fingerprint density at radius 1 is 1.04 bits per heavy atom. The SMILES string of the molecule is CCCCCCC(NC(=O)c1ccc(/C=C/C(=O)O)cc1)C(=O)NCC(=O)O. The van der Waals surface area contributed by atoms with E-state index < -0.39 is 36.3 Å². The molecule has 1 aromatic carbocycles. The van der Waals surface area contributed by atoms with Crippen LogP contribution in [0.5, 0.6) is 0 Å². The number of hydrogen-bond donors (Lipinski definition) is 4. The quantitative estimate of drug-likeness (QED) is 0.319. The van der Waals surface area contributed by atoms with E-state index in [1.54, 1.807) is 12.1 Å². The Morgan fingerprint density at radius 3 is 2.29 bits per heavy atom. The van der Waals surface area contributed by atoms with Gasteiger partial charge in [0, 0.05) is 11.6 Å². The molecule has 0 saturated heterocycles. The summed E-state index contributed by atoms with van der Waals surface area (Å²) in [6.07, 6.45) is 6.51. The minimum Gasteiger partial charge on any atom is -0.480 e. The number of nitrogens with one attached hydrogen (secondary N) is 2. The summed E-state index contributed by atoms with van der Waals surface area (Å²) in [5.74, 6) is -3.22. The van der Waals surface area contributed by atoms with Crippen LogP contribution in [-0.2, 0) is 14.4 Å². The van der Waals surface area contributed by atoms with Crippen LogP contribution < -0.4 is 10.6 Å². The molecule has 0 spiro atoms. The molecule has 0 fully saturated rings. The van der Waals surface area contributed by atoms with Gasteiger partial charge in [-0.15, -0.1) is 0 Å². The molecular formula is C20H26N2O6. The second kappa shape index (κ2) is 12.3. The highest BCUT2D eigenvalue weighted by Gasteiger charge is 2.21. The van der Waals surface area contributed by atoms with E-state index in [1.165, 1.54) is 18.2 Å². The number of amides is 2. The van der Waals surface area contributed by atoms with Crippen molar-refractivity contribution in [2.75, 3.05) is 6.54 Å². The predicted molar refractivity (Wildman–Crippen MR) is 104 cm³/mol. The van der Waals surface area contributed by atoms with Gasteiger partial charge in [0.05, 0.1) is 0 Å². The normalized spacial score (nSPS) is 11.8. The van der Waals surface area contributed by atoms with E-state index in [4.69, 9.17) is 10.2 Å². The van der Waals surface area contributed by atoms with Crippen molar-refractivity contribution in [2.45, 2.75) is 45.1 Å². The lowest BCUT2D eigenvalue weighted by Gasteiger charge is -2.18. The van der Waals surface area contributed by atoms with E-state index in [2.05, 4.69) is 17.6 Å². The van der Waals surface area contributed by atoms with Crippen LogP contribution in [0.4, 0.5) is 0 Å². The molecule has 0 aliphatic carbocycles. The zero-order valence-electron chi connectivity index (χ0n) is 15.8. The zero-order valence-corrected chi connectivity index (χ0v) is 15.8. The van der Waals surface area contributed by atoms with E-state index >= 15 is 0 Å². The fourth-order valence-electron chi connectivity index (χ4n) is 2.48. The maximum absolute atomic E-state index is 12.4. The van der Waals surface area contributed by atoms with Crippen molar-refractivity contribution in [3.8, 4) is 0 Å². The first kappa shape index (κ1) is 22.9. The molecule has 0 aliphatic rings. The molecule has 1 aromatic rings. The van der Waals surface area contributed by atoms with Crippen molar-refractivity contribution in [2.24, 2.45) is 0 Å². The van der Waals surface area contributed by atoms with Gasteiger partial charge in [0.1, 0.15) is 12.6 Å². The summed E-state index contributed by atoms with van der Waals surface area (Å²) in [7, 11) is 0. The van der Waals surface area contributed by atoms with E-state index in [-0.39, 0.29) is 0 Å². The minimum absolute atomic E-state index is 0.317. The van der Waals surface area contributed by atoms with Crippen molar-refractivity contribution >= 4 is 29.8 Å². The molecule has 0 heterocycles. The van der Waals surface area contributed by atoms with E-state index in [0.717, 1.165) is 31.8 Å². The highest BCUT2D eigenvalue weighted by atomic mass is 16.4. The third-order valence-corrected chi connectivity index (χ3v) is 3.97. The molecule has 1 unspecified atom stereocenters. The highest BCUT2D eigenvalue weighted by molar-refractivity contribution is 5.98. The fraction of sp³-hybridized carbons (Fsp3) is 0.400. The highest BCUT2D eigenvalue weighted by Crippen LogP contribution is 2.09. The lowest BCUT2D eigenvalue weighted by atomic mass is 10.1. The molecule has 8 nitrogen and oxygen atoms in total. The van der Waals surface area contributed by atoms with Gasteiger partial charge < -0.3 is 20.8 Å². The number of carboxylic acid groups (broad SMARTS) is 2. The number of unbranched alkanes of at least 4 members (excludes halogenated alkanes) is 3. The van der Waals surface area contributed by atoms with Gasteiger partial charge in [0.2, 0.25) is 5.91 Å². The number of aliphatic carboxylic acids is 2. The third kappa shape index (κ3) is 8.98. The molecule has 0 saturated carbocycles. The Hall–Kier alpha value is -3.16. The molecule has 0 aromatic heterocycles. The van der Waals surface area contributed by atoms with Gasteiger partial charge in [-0.1, -0.05) is 44.7 Å². The predicted octanol–water partition coefficient (Wildman–Crippen LogP) is 2.05. The van der Waals surface area contributed by atoms with Gasteiger partial charge in [-0.25, -0.2) is 4.79 Å². The lowest BCUT2D eigenvalue weighted by Crippen LogP contribution is -2.47. The number of hydrogen-bond acceptors (Lipinski definition) is 4. The third-order valence-electron chi connectivity index (χ3n) is 3.97. The second-order valence-electron chi connectivity index (χ2n) is 6.28. The Labute approximate surface area is 163 Å². The Morgan fingerprint density at radius 2 is 1.71 bits per heavy atom. The molecule has 0 bridgehead atoms. The average Bonchev–Trinajstić information content (AvgIpc) is 2.67. The maximum atomic E-state index is 12.4. The van der Waals surface area contributed by atoms with Crippen molar-refractivity contribution in [1.29, 1.82) is 0 Å².